The highest BCUT2D eigenvalue weighted by Crippen LogP contribution is 2.24. The molecule has 0 fully saturated rings. The highest BCUT2D eigenvalue weighted by Gasteiger charge is 2.15. The molecule has 1 aromatic heterocycles. The maximum Gasteiger partial charge on any atom is 0.262 e. The molecular formula is C22H22N2O2S. The lowest BCUT2D eigenvalue weighted by Crippen LogP contribution is -2.22. The van der Waals surface area contributed by atoms with Crippen LogP contribution in [0.3, 0.4) is 0 Å². The van der Waals surface area contributed by atoms with Crippen LogP contribution in [-0.2, 0) is 19.4 Å². The maximum absolute atomic E-state index is 12.7. The van der Waals surface area contributed by atoms with Crippen LogP contribution in [0.15, 0.2) is 52.4 Å². The van der Waals surface area contributed by atoms with Crippen molar-refractivity contribution in [1.82, 2.24) is 9.55 Å². The summed E-state index contributed by atoms with van der Waals surface area (Å²) >= 11 is 1.34. The second-order valence-electron chi connectivity index (χ2n) is 6.86. The van der Waals surface area contributed by atoms with Crippen LogP contribution in [0.2, 0.25) is 0 Å². The van der Waals surface area contributed by atoms with Gasteiger partial charge in [-0.1, -0.05) is 36.0 Å². The van der Waals surface area contributed by atoms with Gasteiger partial charge in [0, 0.05) is 12.1 Å². The highest BCUT2D eigenvalue weighted by molar-refractivity contribution is 7.99. The van der Waals surface area contributed by atoms with E-state index in [9.17, 15) is 9.59 Å². The Morgan fingerprint density at radius 3 is 2.70 bits per heavy atom. The van der Waals surface area contributed by atoms with Gasteiger partial charge in [-0.25, -0.2) is 4.98 Å². The molecule has 2 aromatic carbocycles. The van der Waals surface area contributed by atoms with Crippen molar-refractivity contribution < 1.29 is 4.79 Å². The monoisotopic (exact) mass is 378 g/mol. The second-order valence-corrected chi connectivity index (χ2v) is 7.81. The van der Waals surface area contributed by atoms with Gasteiger partial charge in [0.2, 0.25) is 0 Å². The Hall–Kier alpha value is -2.40. The minimum Gasteiger partial charge on any atom is -0.293 e. The zero-order chi connectivity index (χ0) is 18.8. The third kappa shape index (κ3) is 3.56. The molecule has 0 N–H and O–H groups in total. The van der Waals surface area contributed by atoms with Crippen molar-refractivity contribution in [3.8, 4) is 0 Å². The van der Waals surface area contributed by atoms with Gasteiger partial charge in [0.25, 0.3) is 5.56 Å². The number of carbonyl (C=O) groups excluding carboxylic acids is 1. The molecule has 0 aliphatic heterocycles. The standard InChI is InChI=1S/C22H22N2O2S/c1-2-24-21(26)18-9-5-6-10-19(18)23-22(24)27-14-20(25)17-12-11-15-7-3-4-8-16(15)13-17/h5-6,9-13H,2-4,7-8,14H2,1H3. The fourth-order valence-electron chi connectivity index (χ4n) is 3.66. The molecule has 0 amide bonds. The molecule has 5 heteroatoms. The number of ketones is 1. The number of nitrogens with zero attached hydrogens (tertiary/aromatic N) is 2. The molecule has 3 aromatic rings. The van der Waals surface area contributed by atoms with Crippen molar-refractivity contribution in [3.63, 3.8) is 0 Å². The Bertz CT molecular complexity index is 1070. The SMILES string of the molecule is CCn1c(SCC(=O)c2ccc3c(c2)CCCC3)nc2ccccc2c1=O. The largest absolute Gasteiger partial charge is 0.293 e. The van der Waals surface area contributed by atoms with E-state index >= 15 is 0 Å². The summed E-state index contributed by atoms with van der Waals surface area (Å²) in [6, 6.07) is 13.4. The molecule has 0 spiro atoms. The zero-order valence-corrected chi connectivity index (χ0v) is 16.2. The number of Topliss-reactive ketones (excluding diaryl/α,β-unsaturated/α-hetero) is 1. The fraction of sp³-hybridized carbons (Fsp3) is 0.318. The van der Waals surface area contributed by atoms with Gasteiger partial charge in [-0.15, -0.1) is 0 Å². The van der Waals surface area contributed by atoms with E-state index in [4.69, 9.17) is 0 Å². The number of carbonyl (C=O) groups is 1. The van der Waals surface area contributed by atoms with Crippen molar-refractivity contribution in [2.45, 2.75) is 44.3 Å². The Kier molecular flexibility index (Phi) is 5.12. The molecule has 0 saturated carbocycles. The number of aromatic nitrogens is 2. The molecule has 27 heavy (non-hydrogen) atoms. The van der Waals surface area contributed by atoms with Crippen molar-refractivity contribution in [3.05, 3.63) is 69.5 Å². The number of rotatable bonds is 5. The summed E-state index contributed by atoms with van der Waals surface area (Å²) in [5.74, 6) is 0.363. The topological polar surface area (TPSA) is 52.0 Å². The van der Waals surface area contributed by atoms with Crippen LogP contribution in [0.5, 0.6) is 0 Å². The minimum atomic E-state index is -0.0492. The number of hydrogen-bond donors (Lipinski definition) is 0. The van der Waals surface area contributed by atoms with E-state index < -0.39 is 0 Å². The first-order chi connectivity index (χ1) is 13.2. The maximum atomic E-state index is 12.7. The Labute approximate surface area is 162 Å². The molecule has 4 nitrogen and oxygen atoms in total. The molecule has 1 aliphatic rings. The van der Waals surface area contributed by atoms with Crippen LogP contribution in [0, 0.1) is 0 Å². The van der Waals surface area contributed by atoms with Gasteiger partial charge in [0.05, 0.1) is 16.7 Å². The van der Waals surface area contributed by atoms with Gasteiger partial charge in [0.15, 0.2) is 10.9 Å². The van der Waals surface area contributed by atoms with Gasteiger partial charge < -0.3 is 0 Å². The van der Waals surface area contributed by atoms with Gasteiger partial charge in [-0.3, -0.25) is 14.2 Å². The summed E-state index contributed by atoms with van der Waals surface area (Å²) < 4.78 is 1.65. The number of aryl methyl sites for hydroxylation is 2. The van der Waals surface area contributed by atoms with E-state index in [0.717, 1.165) is 18.4 Å². The van der Waals surface area contributed by atoms with Crippen LogP contribution in [0.4, 0.5) is 0 Å². The predicted molar refractivity (Wildman–Crippen MR) is 110 cm³/mol. The summed E-state index contributed by atoms with van der Waals surface area (Å²) in [5.41, 5.74) is 4.07. The van der Waals surface area contributed by atoms with Gasteiger partial charge in [0.1, 0.15) is 0 Å². The van der Waals surface area contributed by atoms with Gasteiger partial charge in [-0.2, -0.15) is 0 Å². The number of hydrogen-bond acceptors (Lipinski definition) is 4. The number of fused-ring (bicyclic) bond motifs is 2. The van der Waals surface area contributed by atoms with E-state index in [0.29, 0.717) is 22.6 Å². The predicted octanol–water partition coefficient (Wildman–Crippen LogP) is 4.27. The molecule has 138 valence electrons. The quantitative estimate of drug-likeness (QED) is 0.378. The van der Waals surface area contributed by atoms with Crippen molar-refractivity contribution >= 4 is 28.4 Å². The molecule has 0 bridgehead atoms. The Morgan fingerprint density at radius 1 is 1.11 bits per heavy atom. The van der Waals surface area contributed by atoms with Crippen molar-refractivity contribution in [2.75, 3.05) is 5.75 Å². The van der Waals surface area contributed by atoms with E-state index in [2.05, 4.69) is 17.1 Å². The van der Waals surface area contributed by atoms with E-state index in [1.54, 1.807) is 10.6 Å². The van der Waals surface area contributed by atoms with E-state index in [1.165, 1.54) is 35.7 Å². The molecule has 0 unspecified atom stereocenters. The fourth-order valence-corrected chi connectivity index (χ4v) is 4.61. The Balaban J connectivity index is 1.58. The molecule has 4 rings (SSSR count). The van der Waals surface area contributed by atoms with Crippen LogP contribution in [-0.4, -0.2) is 21.1 Å². The molecule has 0 saturated heterocycles. The third-order valence-electron chi connectivity index (χ3n) is 5.15. The third-order valence-corrected chi connectivity index (χ3v) is 6.12. The average molecular weight is 378 g/mol. The first-order valence-corrected chi connectivity index (χ1v) is 10.4. The van der Waals surface area contributed by atoms with Crippen LogP contribution in [0.25, 0.3) is 10.9 Å². The summed E-state index contributed by atoms with van der Waals surface area (Å²) in [7, 11) is 0. The number of para-hydroxylation sites is 1. The molecule has 1 heterocycles. The van der Waals surface area contributed by atoms with Crippen molar-refractivity contribution in [2.24, 2.45) is 0 Å². The van der Waals surface area contributed by atoms with Crippen LogP contribution in [0.1, 0.15) is 41.3 Å². The lowest BCUT2D eigenvalue weighted by atomic mass is 9.90. The zero-order valence-electron chi connectivity index (χ0n) is 15.4. The summed E-state index contributed by atoms with van der Waals surface area (Å²) in [4.78, 5) is 30.0. The normalized spacial score (nSPS) is 13.5. The molecule has 1 aliphatic carbocycles. The summed E-state index contributed by atoms with van der Waals surface area (Å²) in [6.07, 6.45) is 4.61. The average Bonchev–Trinajstić information content (AvgIpc) is 2.71. The van der Waals surface area contributed by atoms with Crippen LogP contribution < -0.4 is 5.56 Å². The first-order valence-electron chi connectivity index (χ1n) is 9.44. The van der Waals surface area contributed by atoms with E-state index in [1.807, 2.05) is 31.2 Å². The number of thioether (sulfide) groups is 1. The molecule has 0 atom stereocenters. The van der Waals surface area contributed by atoms with Gasteiger partial charge in [-0.05, 0) is 61.9 Å². The molecule has 0 radical (unpaired) electrons. The minimum absolute atomic E-state index is 0.0492. The molecular weight excluding hydrogens is 356 g/mol. The number of benzene rings is 2. The lowest BCUT2D eigenvalue weighted by Gasteiger charge is -2.16. The Morgan fingerprint density at radius 2 is 1.89 bits per heavy atom. The summed E-state index contributed by atoms with van der Waals surface area (Å²) in [6.45, 7) is 2.46. The van der Waals surface area contributed by atoms with Crippen molar-refractivity contribution in [1.29, 1.82) is 0 Å². The highest BCUT2D eigenvalue weighted by atomic mass is 32.2. The first kappa shape index (κ1) is 18.0. The van der Waals surface area contributed by atoms with Gasteiger partial charge >= 0.3 is 0 Å². The second kappa shape index (κ2) is 7.69. The smallest absolute Gasteiger partial charge is 0.262 e. The van der Waals surface area contributed by atoms with Crippen LogP contribution >= 0.6 is 11.8 Å². The summed E-state index contributed by atoms with van der Waals surface area (Å²) in [5, 5.41) is 1.22. The lowest BCUT2D eigenvalue weighted by molar-refractivity contribution is 0.102. The van der Waals surface area contributed by atoms with E-state index in [-0.39, 0.29) is 17.1 Å².